The molecule has 0 saturated carbocycles. The third-order valence-electron chi connectivity index (χ3n) is 2.67. The van der Waals surface area contributed by atoms with Crippen molar-refractivity contribution in [2.24, 2.45) is 0 Å². The van der Waals surface area contributed by atoms with E-state index in [0.29, 0.717) is 5.82 Å². The van der Waals surface area contributed by atoms with Crippen LogP contribution in [0.3, 0.4) is 0 Å². The maximum absolute atomic E-state index is 6.10. The molecule has 0 aliphatic carbocycles. The van der Waals surface area contributed by atoms with Crippen molar-refractivity contribution in [1.29, 1.82) is 0 Å². The second-order valence-electron chi connectivity index (χ2n) is 3.90. The highest BCUT2D eigenvalue weighted by Gasteiger charge is 2.06. The minimum Gasteiger partial charge on any atom is -0.221 e. The van der Waals surface area contributed by atoms with Crippen LogP contribution in [0.2, 0.25) is 5.02 Å². The van der Waals surface area contributed by atoms with E-state index in [-0.39, 0.29) is 0 Å². The molecular weight excluding hydrogens is 234 g/mol. The summed E-state index contributed by atoms with van der Waals surface area (Å²) < 4.78 is 1.75. The van der Waals surface area contributed by atoms with Gasteiger partial charge in [-0.15, -0.1) is 5.10 Å². The Morgan fingerprint density at radius 1 is 1.18 bits per heavy atom. The minimum atomic E-state index is 0.693. The highest BCUT2D eigenvalue weighted by Crippen LogP contribution is 2.23. The summed E-state index contributed by atoms with van der Waals surface area (Å²) in [4.78, 5) is 4.45. The van der Waals surface area contributed by atoms with Crippen molar-refractivity contribution < 1.29 is 0 Å². The molecule has 0 amide bonds. The van der Waals surface area contributed by atoms with Crippen LogP contribution in [0.4, 0.5) is 0 Å². The molecule has 0 unspecified atom stereocenters. The minimum absolute atomic E-state index is 0.693. The maximum atomic E-state index is 6.10. The second-order valence-corrected chi connectivity index (χ2v) is 4.31. The molecule has 0 aliphatic heterocycles. The first-order valence-electron chi connectivity index (χ1n) is 5.32. The first kappa shape index (κ1) is 10.3. The van der Waals surface area contributed by atoms with Gasteiger partial charge in [0, 0.05) is 16.8 Å². The average molecular weight is 244 g/mol. The van der Waals surface area contributed by atoms with Crippen LogP contribution in [0.5, 0.6) is 0 Å². The van der Waals surface area contributed by atoms with E-state index in [9.17, 15) is 0 Å². The summed E-state index contributed by atoms with van der Waals surface area (Å²) in [5.41, 5.74) is 2.82. The Morgan fingerprint density at radius 3 is 2.82 bits per heavy atom. The first-order valence-corrected chi connectivity index (χ1v) is 5.70. The fraction of sp³-hybridized carbons (Fsp3) is 0.0769. The van der Waals surface area contributed by atoms with Gasteiger partial charge >= 0.3 is 0 Å². The lowest BCUT2D eigenvalue weighted by Crippen LogP contribution is -1.85. The van der Waals surface area contributed by atoms with Gasteiger partial charge in [-0.1, -0.05) is 29.8 Å². The molecule has 3 aromatic rings. The topological polar surface area (TPSA) is 30.2 Å². The van der Waals surface area contributed by atoms with Crippen molar-refractivity contribution in [3.05, 3.63) is 53.2 Å². The Hall–Kier alpha value is -1.87. The number of pyridine rings is 1. The lowest BCUT2D eigenvalue weighted by molar-refractivity contribution is 0.966. The van der Waals surface area contributed by atoms with E-state index in [0.717, 1.165) is 21.8 Å². The lowest BCUT2D eigenvalue weighted by atomic mass is 10.1. The van der Waals surface area contributed by atoms with Crippen molar-refractivity contribution in [2.45, 2.75) is 6.92 Å². The molecule has 3 rings (SSSR count). The van der Waals surface area contributed by atoms with Gasteiger partial charge in [0.15, 0.2) is 11.5 Å². The second kappa shape index (κ2) is 3.86. The fourth-order valence-corrected chi connectivity index (χ4v) is 1.87. The van der Waals surface area contributed by atoms with Gasteiger partial charge in [-0.2, -0.15) is 0 Å². The lowest BCUT2D eigenvalue weighted by Gasteiger charge is -1.99. The van der Waals surface area contributed by atoms with Crippen LogP contribution in [0.15, 0.2) is 42.6 Å². The average Bonchev–Trinajstić information content (AvgIpc) is 2.76. The molecule has 0 saturated heterocycles. The quantitative estimate of drug-likeness (QED) is 0.656. The Labute approximate surface area is 104 Å². The van der Waals surface area contributed by atoms with E-state index in [4.69, 9.17) is 11.6 Å². The van der Waals surface area contributed by atoms with Crippen molar-refractivity contribution in [2.75, 3.05) is 0 Å². The monoisotopic (exact) mass is 243 g/mol. The predicted octanol–water partition coefficient (Wildman–Crippen LogP) is 3.36. The highest BCUT2D eigenvalue weighted by molar-refractivity contribution is 6.31. The molecular formula is C13H10ClN3. The molecule has 84 valence electrons. The normalized spacial score (nSPS) is 10.9. The van der Waals surface area contributed by atoms with Gasteiger partial charge in [0.1, 0.15) is 0 Å². The van der Waals surface area contributed by atoms with E-state index in [1.807, 2.05) is 49.5 Å². The summed E-state index contributed by atoms with van der Waals surface area (Å²) in [6.07, 6.45) is 1.88. The van der Waals surface area contributed by atoms with Crippen molar-refractivity contribution in [3.8, 4) is 11.4 Å². The van der Waals surface area contributed by atoms with Crippen molar-refractivity contribution in [1.82, 2.24) is 14.6 Å². The smallest absolute Gasteiger partial charge is 0.182 e. The van der Waals surface area contributed by atoms with Gasteiger partial charge in [-0.05, 0) is 30.7 Å². The van der Waals surface area contributed by atoms with Crippen molar-refractivity contribution in [3.63, 3.8) is 0 Å². The summed E-state index contributed by atoms with van der Waals surface area (Å²) in [6, 6.07) is 11.6. The molecule has 0 atom stereocenters. The van der Waals surface area contributed by atoms with Gasteiger partial charge < -0.3 is 0 Å². The molecule has 0 aliphatic rings. The molecule has 0 radical (unpaired) electrons. The molecule has 17 heavy (non-hydrogen) atoms. The van der Waals surface area contributed by atoms with Gasteiger partial charge in [-0.3, -0.25) is 0 Å². The van der Waals surface area contributed by atoms with E-state index in [1.165, 1.54) is 0 Å². The highest BCUT2D eigenvalue weighted by atomic mass is 35.5. The van der Waals surface area contributed by atoms with Crippen LogP contribution in [0.1, 0.15) is 5.56 Å². The van der Waals surface area contributed by atoms with Gasteiger partial charge in [0.25, 0.3) is 0 Å². The van der Waals surface area contributed by atoms with E-state index in [1.54, 1.807) is 4.52 Å². The summed E-state index contributed by atoms with van der Waals surface area (Å²) in [5.74, 6) is 0.693. The number of fused-ring (bicyclic) bond motifs is 1. The third kappa shape index (κ3) is 1.78. The van der Waals surface area contributed by atoms with Gasteiger partial charge in [-0.25, -0.2) is 9.50 Å². The SMILES string of the molecule is Cc1ccc(-c2nc3ccccn3n2)cc1Cl. The summed E-state index contributed by atoms with van der Waals surface area (Å²) in [5, 5.41) is 5.14. The zero-order valence-electron chi connectivity index (χ0n) is 9.26. The molecule has 0 fully saturated rings. The van der Waals surface area contributed by atoms with Crippen LogP contribution >= 0.6 is 11.6 Å². The molecule has 3 nitrogen and oxygen atoms in total. The van der Waals surface area contributed by atoms with Gasteiger partial charge in [0.2, 0.25) is 0 Å². The van der Waals surface area contributed by atoms with Crippen LogP contribution in [-0.4, -0.2) is 14.6 Å². The zero-order chi connectivity index (χ0) is 11.8. The number of aryl methyl sites for hydroxylation is 1. The Balaban J connectivity index is 2.17. The molecule has 1 aromatic carbocycles. The number of hydrogen-bond acceptors (Lipinski definition) is 2. The number of nitrogens with zero attached hydrogens (tertiary/aromatic N) is 3. The summed E-state index contributed by atoms with van der Waals surface area (Å²) in [7, 11) is 0. The predicted molar refractivity (Wildman–Crippen MR) is 68.2 cm³/mol. The number of rotatable bonds is 1. The van der Waals surface area contributed by atoms with E-state index < -0.39 is 0 Å². The summed E-state index contributed by atoms with van der Waals surface area (Å²) >= 11 is 6.10. The Bertz CT molecular complexity index is 655. The summed E-state index contributed by atoms with van der Waals surface area (Å²) in [6.45, 7) is 1.98. The molecule has 2 aromatic heterocycles. The number of benzene rings is 1. The van der Waals surface area contributed by atoms with E-state index >= 15 is 0 Å². The van der Waals surface area contributed by atoms with Gasteiger partial charge in [0.05, 0.1) is 0 Å². The van der Waals surface area contributed by atoms with Crippen LogP contribution in [0.25, 0.3) is 17.0 Å². The maximum Gasteiger partial charge on any atom is 0.182 e. The molecule has 0 spiro atoms. The molecule has 4 heteroatoms. The zero-order valence-corrected chi connectivity index (χ0v) is 10.0. The number of hydrogen-bond donors (Lipinski definition) is 0. The first-order chi connectivity index (χ1) is 8.24. The molecule has 0 bridgehead atoms. The van der Waals surface area contributed by atoms with Crippen LogP contribution in [0, 0.1) is 6.92 Å². The Kier molecular flexibility index (Phi) is 2.34. The molecule has 2 heterocycles. The van der Waals surface area contributed by atoms with E-state index in [2.05, 4.69) is 10.1 Å². The number of aromatic nitrogens is 3. The van der Waals surface area contributed by atoms with Crippen molar-refractivity contribution >= 4 is 17.2 Å². The largest absolute Gasteiger partial charge is 0.221 e. The third-order valence-corrected chi connectivity index (χ3v) is 3.08. The van der Waals surface area contributed by atoms with Crippen LogP contribution < -0.4 is 0 Å². The fourth-order valence-electron chi connectivity index (χ4n) is 1.69. The molecule has 0 N–H and O–H groups in total. The number of halogens is 1. The Morgan fingerprint density at radius 2 is 2.06 bits per heavy atom. The standard InChI is InChI=1S/C13H10ClN3/c1-9-5-6-10(8-11(9)14)13-15-12-4-2-3-7-17(12)16-13/h2-8H,1H3. The van der Waals surface area contributed by atoms with Crippen LogP contribution in [-0.2, 0) is 0 Å².